The van der Waals surface area contributed by atoms with Crippen LogP contribution in [0.1, 0.15) is 18.4 Å². The van der Waals surface area contributed by atoms with E-state index in [0.717, 1.165) is 0 Å². The largest absolute Gasteiger partial charge is 0.465 e. The topological polar surface area (TPSA) is 73.6 Å². The molecule has 0 amide bonds. The average molecular weight is 354 g/mol. The van der Waals surface area contributed by atoms with Crippen LogP contribution in [0.3, 0.4) is 0 Å². The van der Waals surface area contributed by atoms with Gasteiger partial charge in [0.2, 0.25) is 0 Å². The van der Waals surface area contributed by atoms with Crippen molar-refractivity contribution in [3.63, 3.8) is 0 Å². The van der Waals surface area contributed by atoms with Gasteiger partial charge in [-0.2, -0.15) is 0 Å². The lowest BCUT2D eigenvalue weighted by Gasteiger charge is -2.12. The maximum atomic E-state index is 14.1. The molecule has 5 nitrogen and oxygen atoms in total. The van der Waals surface area contributed by atoms with Crippen LogP contribution < -0.4 is 5.63 Å². The number of aldehydes is 1. The summed E-state index contributed by atoms with van der Waals surface area (Å²) in [5.41, 5.74) is 0.464. The lowest BCUT2D eigenvalue weighted by Crippen LogP contribution is -2.17. The number of hydrogen-bond donors (Lipinski definition) is 0. The summed E-state index contributed by atoms with van der Waals surface area (Å²) in [6.45, 7) is 1.78. The van der Waals surface area contributed by atoms with Gasteiger partial charge in [0.15, 0.2) is 0 Å². The second kappa shape index (κ2) is 7.31. The monoisotopic (exact) mass is 354 g/mol. The lowest BCUT2D eigenvalue weighted by molar-refractivity contribution is -0.146. The van der Waals surface area contributed by atoms with Crippen LogP contribution in [0.5, 0.6) is 0 Å². The van der Waals surface area contributed by atoms with Gasteiger partial charge in [-0.3, -0.25) is 4.79 Å². The molecule has 0 aliphatic rings. The first-order valence-electron chi connectivity index (χ1n) is 7.99. The summed E-state index contributed by atoms with van der Waals surface area (Å²) in [7, 11) is 0. The van der Waals surface area contributed by atoms with Gasteiger partial charge in [-0.25, -0.2) is 9.18 Å². The van der Waals surface area contributed by atoms with Crippen molar-refractivity contribution in [2.24, 2.45) is 0 Å². The summed E-state index contributed by atoms with van der Waals surface area (Å²) >= 11 is 0. The fourth-order valence-electron chi connectivity index (χ4n) is 2.78. The number of esters is 1. The lowest BCUT2D eigenvalue weighted by atomic mass is 9.96. The molecule has 0 fully saturated rings. The smallest absolute Gasteiger partial charge is 0.336 e. The highest BCUT2D eigenvalue weighted by molar-refractivity contribution is 5.97. The van der Waals surface area contributed by atoms with E-state index in [1.54, 1.807) is 37.3 Å². The van der Waals surface area contributed by atoms with Crippen molar-refractivity contribution in [3.05, 3.63) is 70.3 Å². The number of carbonyl (C=O) groups is 2. The molecule has 3 rings (SSSR count). The van der Waals surface area contributed by atoms with Crippen LogP contribution >= 0.6 is 0 Å². The van der Waals surface area contributed by atoms with Gasteiger partial charge >= 0.3 is 11.6 Å². The molecule has 0 aliphatic carbocycles. The van der Waals surface area contributed by atoms with Crippen LogP contribution in [0, 0.1) is 5.82 Å². The van der Waals surface area contributed by atoms with Crippen molar-refractivity contribution < 1.29 is 23.1 Å². The van der Waals surface area contributed by atoms with Gasteiger partial charge in [0.25, 0.3) is 0 Å². The SMILES string of the molecule is CCOC(=O)C(C=O)c1ccc2c(-c3ccccc3F)cc(=O)oc2c1. The van der Waals surface area contributed by atoms with Gasteiger partial charge in [0, 0.05) is 22.6 Å². The number of carbonyl (C=O) groups excluding carboxylic acids is 2. The highest BCUT2D eigenvalue weighted by Gasteiger charge is 2.22. The van der Waals surface area contributed by atoms with E-state index in [9.17, 15) is 18.8 Å². The number of fused-ring (bicyclic) bond motifs is 1. The van der Waals surface area contributed by atoms with E-state index < -0.39 is 23.3 Å². The fourth-order valence-corrected chi connectivity index (χ4v) is 2.78. The van der Waals surface area contributed by atoms with E-state index in [0.29, 0.717) is 22.8 Å². The molecule has 1 heterocycles. The van der Waals surface area contributed by atoms with E-state index in [-0.39, 0.29) is 17.8 Å². The summed E-state index contributed by atoms with van der Waals surface area (Å²) in [5, 5.41) is 0.493. The first kappa shape index (κ1) is 17.5. The minimum atomic E-state index is -1.12. The highest BCUT2D eigenvalue weighted by atomic mass is 19.1. The standard InChI is InChI=1S/C20H15FO5/c1-2-25-20(24)16(11-22)12-7-8-14-15(10-19(23)26-18(14)9-12)13-5-3-4-6-17(13)21/h3-11,16H,2H2,1H3. The molecule has 0 bridgehead atoms. The Bertz CT molecular complexity index is 1040. The van der Waals surface area contributed by atoms with Crippen LogP contribution in [0.4, 0.5) is 4.39 Å². The van der Waals surface area contributed by atoms with Gasteiger partial charge < -0.3 is 13.9 Å². The maximum Gasteiger partial charge on any atom is 0.336 e. The average Bonchev–Trinajstić information content (AvgIpc) is 2.62. The van der Waals surface area contributed by atoms with Crippen molar-refractivity contribution in [1.82, 2.24) is 0 Å². The number of benzene rings is 2. The van der Waals surface area contributed by atoms with Gasteiger partial charge in [-0.05, 0) is 24.6 Å². The van der Waals surface area contributed by atoms with Crippen LogP contribution in [0.15, 0.2) is 57.7 Å². The molecule has 0 saturated carbocycles. The molecule has 26 heavy (non-hydrogen) atoms. The normalized spacial score (nSPS) is 11.9. The Kier molecular flexibility index (Phi) is 4.93. The van der Waals surface area contributed by atoms with Crippen LogP contribution in [0.25, 0.3) is 22.1 Å². The van der Waals surface area contributed by atoms with E-state index in [1.807, 2.05) is 0 Å². The van der Waals surface area contributed by atoms with Crippen molar-refractivity contribution in [2.75, 3.05) is 6.61 Å². The molecule has 0 saturated heterocycles. The maximum absolute atomic E-state index is 14.1. The predicted octanol–water partition coefficient (Wildman–Crippen LogP) is 3.44. The Hall–Kier alpha value is -3.28. The van der Waals surface area contributed by atoms with Crippen molar-refractivity contribution in [3.8, 4) is 11.1 Å². The minimum Gasteiger partial charge on any atom is -0.465 e. The first-order valence-corrected chi connectivity index (χ1v) is 7.99. The fraction of sp³-hybridized carbons (Fsp3) is 0.150. The Labute approximate surface area is 148 Å². The Morgan fingerprint density at radius 2 is 1.96 bits per heavy atom. The Balaban J connectivity index is 2.18. The summed E-state index contributed by atoms with van der Waals surface area (Å²) < 4.78 is 24.2. The number of hydrogen-bond acceptors (Lipinski definition) is 5. The van der Waals surface area contributed by atoms with Gasteiger partial charge in [-0.15, -0.1) is 0 Å². The van der Waals surface area contributed by atoms with Crippen molar-refractivity contribution in [1.29, 1.82) is 0 Å². The van der Waals surface area contributed by atoms with Crippen molar-refractivity contribution >= 4 is 23.2 Å². The first-order chi connectivity index (χ1) is 12.5. The van der Waals surface area contributed by atoms with Crippen LogP contribution in [-0.2, 0) is 14.3 Å². The zero-order valence-electron chi connectivity index (χ0n) is 13.9. The molecule has 1 unspecified atom stereocenters. The molecular formula is C20H15FO5. The minimum absolute atomic E-state index is 0.142. The molecule has 2 aromatic carbocycles. The molecule has 1 atom stereocenters. The molecule has 6 heteroatoms. The van der Waals surface area contributed by atoms with E-state index in [2.05, 4.69) is 0 Å². The van der Waals surface area contributed by atoms with Crippen LogP contribution in [0.2, 0.25) is 0 Å². The van der Waals surface area contributed by atoms with E-state index in [1.165, 1.54) is 18.2 Å². The molecule has 0 spiro atoms. The highest BCUT2D eigenvalue weighted by Crippen LogP contribution is 2.31. The van der Waals surface area contributed by atoms with Crippen molar-refractivity contribution in [2.45, 2.75) is 12.8 Å². The third kappa shape index (κ3) is 3.26. The summed E-state index contributed by atoms with van der Waals surface area (Å²) in [6, 6.07) is 11.9. The van der Waals surface area contributed by atoms with Gasteiger partial charge in [0.1, 0.15) is 23.6 Å². The second-order valence-corrected chi connectivity index (χ2v) is 5.58. The molecule has 3 aromatic rings. The second-order valence-electron chi connectivity index (χ2n) is 5.58. The quantitative estimate of drug-likeness (QED) is 0.304. The molecule has 132 valence electrons. The molecule has 1 aromatic heterocycles. The van der Waals surface area contributed by atoms with Gasteiger partial charge in [-0.1, -0.05) is 30.3 Å². The third-order valence-corrected chi connectivity index (χ3v) is 3.97. The van der Waals surface area contributed by atoms with Gasteiger partial charge in [0.05, 0.1) is 6.61 Å². The zero-order valence-corrected chi connectivity index (χ0v) is 13.9. The molecule has 0 N–H and O–H groups in total. The Morgan fingerprint density at radius 3 is 2.65 bits per heavy atom. The van der Waals surface area contributed by atoms with E-state index in [4.69, 9.17) is 9.15 Å². The summed E-state index contributed by atoms with van der Waals surface area (Å²) in [6.07, 6.45) is 0.470. The molecular weight excluding hydrogens is 339 g/mol. The zero-order chi connectivity index (χ0) is 18.7. The van der Waals surface area contributed by atoms with Crippen LogP contribution in [-0.4, -0.2) is 18.9 Å². The number of halogens is 1. The third-order valence-electron chi connectivity index (χ3n) is 3.97. The Morgan fingerprint density at radius 1 is 1.19 bits per heavy atom. The molecule has 0 aliphatic heterocycles. The summed E-state index contributed by atoms with van der Waals surface area (Å²) in [5.74, 6) is -2.28. The predicted molar refractivity (Wildman–Crippen MR) is 93.3 cm³/mol. The molecule has 0 radical (unpaired) electrons. The number of ether oxygens (including phenoxy) is 1. The number of rotatable bonds is 5. The van der Waals surface area contributed by atoms with E-state index >= 15 is 0 Å². The summed E-state index contributed by atoms with van der Waals surface area (Å²) in [4.78, 5) is 35.2.